The maximum atomic E-state index is 12.7. The molecule has 34 heavy (non-hydrogen) atoms. The minimum absolute atomic E-state index is 0.0553. The predicted octanol–water partition coefficient (Wildman–Crippen LogP) is 4.62. The number of rotatable bonds is 5. The molecular formula is C26H30BrN5O2. The van der Waals surface area contributed by atoms with Crippen molar-refractivity contribution in [2.75, 3.05) is 11.9 Å². The highest BCUT2D eigenvalue weighted by atomic mass is 79.9. The first-order valence-electron chi connectivity index (χ1n) is 12.4. The summed E-state index contributed by atoms with van der Waals surface area (Å²) in [6.45, 7) is 0.404. The van der Waals surface area contributed by atoms with Crippen molar-refractivity contribution >= 4 is 33.4 Å². The van der Waals surface area contributed by atoms with E-state index in [0.29, 0.717) is 18.2 Å². The van der Waals surface area contributed by atoms with Gasteiger partial charge in [0, 0.05) is 29.0 Å². The van der Waals surface area contributed by atoms with E-state index in [1.54, 1.807) is 12.1 Å². The zero-order valence-corrected chi connectivity index (χ0v) is 20.8. The highest BCUT2D eigenvalue weighted by Gasteiger charge is 2.51. The molecule has 0 saturated heterocycles. The summed E-state index contributed by atoms with van der Waals surface area (Å²) in [6, 6.07) is 9.83. The Morgan fingerprint density at radius 2 is 2.03 bits per heavy atom. The van der Waals surface area contributed by atoms with Crippen molar-refractivity contribution in [1.29, 1.82) is 0 Å². The number of benzene rings is 1. The normalized spacial score (nSPS) is 25.2. The van der Waals surface area contributed by atoms with Crippen LogP contribution in [-0.4, -0.2) is 39.3 Å². The van der Waals surface area contributed by atoms with E-state index in [9.17, 15) is 4.79 Å². The van der Waals surface area contributed by atoms with Gasteiger partial charge in [0.1, 0.15) is 5.82 Å². The Balaban J connectivity index is 1.36. The van der Waals surface area contributed by atoms with Gasteiger partial charge in [0.05, 0.1) is 28.5 Å². The van der Waals surface area contributed by atoms with E-state index < -0.39 is 0 Å². The second-order valence-corrected chi connectivity index (χ2v) is 11.0. The van der Waals surface area contributed by atoms with Crippen LogP contribution in [0.25, 0.3) is 5.65 Å². The van der Waals surface area contributed by atoms with Gasteiger partial charge in [-0.2, -0.15) is 9.61 Å². The number of nitrogens with one attached hydrogen (secondary N) is 1. The number of hydrogen-bond donors (Lipinski definition) is 2. The Labute approximate surface area is 207 Å². The summed E-state index contributed by atoms with van der Waals surface area (Å²) in [5.41, 5.74) is 9.99. The average Bonchev–Trinajstić information content (AvgIpc) is 3.63. The van der Waals surface area contributed by atoms with E-state index in [0.717, 1.165) is 54.5 Å². The zero-order chi connectivity index (χ0) is 23.3. The average molecular weight is 524 g/mol. The molecule has 3 aliphatic rings. The maximum Gasteiger partial charge on any atom is 0.338 e. The van der Waals surface area contributed by atoms with E-state index in [1.807, 2.05) is 28.9 Å². The molecule has 1 aromatic carbocycles. The van der Waals surface area contributed by atoms with Gasteiger partial charge in [0.15, 0.2) is 5.65 Å². The number of anilines is 1. The van der Waals surface area contributed by atoms with Crippen LogP contribution < -0.4 is 11.1 Å². The van der Waals surface area contributed by atoms with Crippen LogP contribution in [0, 0.1) is 5.92 Å². The van der Waals surface area contributed by atoms with Gasteiger partial charge in [-0.15, -0.1) is 0 Å². The molecule has 3 atom stereocenters. The number of fused-ring (bicyclic) bond motifs is 3. The van der Waals surface area contributed by atoms with Crippen molar-refractivity contribution < 1.29 is 9.53 Å². The molecular weight excluding hydrogens is 494 g/mol. The fourth-order valence-electron chi connectivity index (χ4n) is 6.43. The van der Waals surface area contributed by atoms with Crippen molar-refractivity contribution in [2.24, 2.45) is 11.7 Å². The van der Waals surface area contributed by atoms with Crippen LogP contribution in [0.2, 0.25) is 0 Å². The number of aromatic nitrogens is 3. The number of halogens is 1. The Hall–Kier alpha value is -2.45. The molecule has 2 saturated carbocycles. The van der Waals surface area contributed by atoms with Gasteiger partial charge >= 0.3 is 5.97 Å². The molecule has 3 aliphatic carbocycles. The first-order chi connectivity index (χ1) is 16.5. The lowest BCUT2D eigenvalue weighted by Gasteiger charge is -2.31. The van der Waals surface area contributed by atoms with Crippen molar-refractivity contribution in [1.82, 2.24) is 14.6 Å². The van der Waals surface area contributed by atoms with E-state index in [2.05, 4.69) is 26.3 Å². The van der Waals surface area contributed by atoms with Crippen molar-refractivity contribution in [3.8, 4) is 0 Å². The molecule has 0 bridgehead atoms. The SMILES string of the molecule is N[C@H]1CC[C@H](Nc2c3c(nc4c(Br)cnn24)C2(CCCC2)C(COC(=O)c2ccccc2)C3)C1. The topological polar surface area (TPSA) is 94.5 Å². The van der Waals surface area contributed by atoms with Gasteiger partial charge in [-0.1, -0.05) is 31.0 Å². The van der Waals surface area contributed by atoms with Crippen molar-refractivity contribution in [3.63, 3.8) is 0 Å². The summed E-state index contributed by atoms with van der Waals surface area (Å²) >= 11 is 3.66. The molecule has 8 heteroatoms. The standard InChI is InChI=1S/C26H30BrN5O2/c27-21-14-29-32-23(30-19-9-8-18(28)13-19)20-12-17(15-34-25(33)16-6-2-1-3-7-16)26(10-4-5-11-26)22(20)31-24(21)32/h1-3,6-7,14,17-19,30H,4-5,8-13,15,28H2/t17?,18-,19-/m0/s1. The second-order valence-electron chi connectivity index (χ2n) is 10.2. The number of hydrogen-bond acceptors (Lipinski definition) is 6. The molecule has 2 aromatic heterocycles. The molecule has 3 aromatic rings. The summed E-state index contributed by atoms with van der Waals surface area (Å²) in [5.74, 6) is 0.990. The lowest BCUT2D eigenvalue weighted by Crippen LogP contribution is -2.33. The first kappa shape index (κ1) is 22.0. The van der Waals surface area contributed by atoms with Crippen LogP contribution in [-0.2, 0) is 16.6 Å². The van der Waals surface area contributed by atoms with E-state index in [4.69, 9.17) is 15.5 Å². The number of ether oxygens (including phenoxy) is 1. The Morgan fingerprint density at radius 1 is 1.24 bits per heavy atom. The van der Waals surface area contributed by atoms with Crippen LogP contribution in [0.3, 0.4) is 0 Å². The van der Waals surface area contributed by atoms with E-state index in [-0.39, 0.29) is 23.3 Å². The van der Waals surface area contributed by atoms with E-state index >= 15 is 0 Å². The lowest BCUT2D eigenvalue weighted by molar-refractivity contribution is 0.0377. The van der Waals surface area contributed by atoms with Gasteiger partial charge in [0.25, 0.3) is 0 Å². The monoisotopic (exact) mass is 523 g/mol. The van der Waals surface area contributed by atoms with E-state index in [1.165, 1.54) is 24.1 Å². The Kier molecular flexibility index (Phi) is 5.60. The van der Waals surface area contributed by atoms with Crippen LogP contribution in [0.1, 0.15) is 66.6 Å². The molecule has 1 spiro atoms. The minimum atomic E-state index is -0.256. The summed E-state index contributed by atoms with van der Waals surface area (Å²) in [5, 5.41) is 8.44. The third-order valence-electron chi connectivity index (χ3n) is 8.14. The van der Waals surface area contributed by atoms with Gasteiger partial charge < -0.3 is 15.8 Å². The van der Waals surface area contributed by atoms with Crippen LogP contribution in [0.5, 0.6) is 0 Å². The summed E-state index contributed by atoms with van der Waals surface area (Å²) in [6.07, 6.45) is 10.2. The van der Waals surface area contributed by atoms with Crippen LogP contribution >= 0.6 is 15.9 Å². The Bertz CT molecular complexity index is 1220. The lowest BCUT2D eigenvalue weighted by atomic mass is 9.75. The van der Waals surface area contributed by atoms with Gasteiger partial charge in [-0.3, -0.25) is 0 Å². The van der Waals surface area contributed by atoms with Crippen molar-refractivity contribution in [3.05, 3.63) is 57.8 Å². The number of esters is 1. The third kappa shape index (κ3) is 3.62. The van der Waals surface area contributed by atoms with Crippen molar-refractivity contribution in [2.45, 2.75) is 68.9 Å². The largest absolute Gasteiger partial charge is 0.462 e. The minimum Gasteiger partial charge on any atom is -0.462 e. The second kappa shape index (κ2) is 8.64. The van der Waals surface area contributed by atoms with Gasteiger partial charge in [-0.05, 0) is 66.6 Å². The smallest absolute Gasteiger partial charge is 0.338 e. The molecule has 7 nitrogen and oxygen atoms in total. The Morgan fingerprint density at radius 3 is 2.76 bits per heavy atom. The molecule has 2 fully saturated rings. The van der Waals surface area contributed by atoms with Gasteiger partial charge in [-0.25, -0.2) is 9.78 Å². The third-order valence-corrected chi connectivity index (χ3v) is 8.70. The molecule has 1 unspecified atom stereocenters. The molecule has 0 radical (unpaired) electrons. The highest BCUT2D eigenvalue weighted by molar-refractivity contribution is 9.10. The number of carbonyl (C=O) groups excluding carboxylic acids is 1. The fraction of sp³-hybridized carbons (Fsp3) is 0.500. The summed E-state index contributed by atoms with van der Waals surface area (Å²) < 4.78 is 8.72. The van der Waals surface area contributed by atoms with Crippen LogP contribution in [0.15, 0.2) is 41.0 Å². The summed E-state index contributed by atoms with van der Waals surface area (Å²) in [4.78, 5) is 17.9. The molecule has 6 rings (SSSR count). The number of carbonyl (C=O) groups is 1. The number of nitrogens with zero attached hydrogens (tertiary/aromatic N) is 3. The first-order valence-corrected chi connectivity index (χ1v) is 13.2. The molecule has 0 amide bonds. The molecule has 2 heterocycles. The predicted molar refractivity (Wildman–Crippen MR) is 134 cm³/mol. The highest BCUT2D eigenvalue weighted by Crippen LogP contribution is 2.54. The summed E-state index contributed by atoms with van der Waals surface area (Å²) in [7, 11) is 0. The van der Waals surface area contributed by atoms with Gasteiger partial charge in [0.2, 0.25) is 0 Å². The molecule has 178 valence electrons. The van der Waals surface area contributed by atoms with Crippen LogP contribution in [0.4, 0.5) is 5.82 Å². The molecule has 0 aliphatic heterocycles. The quantitative estimate of drug-likeness (QED) is 0.473. The number of nitrogens with two attached hydrogens (primary N) is 1. The zero-order valence-electron chi connectivity index (χ0n) is 19.2. The fourth-order valence-corrected chi connectivity index (χ4v) is 6.78. The maximum absolute atomic E-state index is 12.7. The molecule has 3 N–H and O–H groups in total.